The Morgan fingerprint density at radius 1 is 1.43 bits per heavy atom. The highest BCUT2D eigenvalue weighted by atomic mass is 28.4. The Morgan fingerprint density at radius 2 is 2.14 bits per heavy atom. The fourth-order valence-corrected chi connectivity index (χ4v) is 3.17. The SMILES string of the molecule is C[Si](C)(F)CCCC1CCCCC1=O. The van der Waals surface area contributed by atoms with E-state index in [9.17, 15) is 8.90 Å². The molecule has 1 unspecified atom stereocenters. The molecule has 1 aliphatic carbocycles. The van der Waals surface area contributed by atoms with E-state index < -0.39 is 8.41 Å². The van der Waals surface area contributed by atoms with Gasteiger partial charge in [-0.25, -0.2) is 0 Å². The van der Waals surface area contributed by atoms with Crippen molar-refractivity contribution in [2.75, 3.05) is 0 Å². The number of rotatable bonds is 4. The minimum absolute atomic E-state index is 0.264. The van der Waals surface area contributed by atoms with Crippen molar-refractivity contribution in [3.05, 3.63) is 0 Å². The second-order valence-corrected chi connectivity index (χ2v) is 8.96. The third-order valence-corrected chi connectivity index (χ3v) is 4.55. The molecule has 0 radical (unpaired) electrons. The Labute approximate surface area is 87.3 Å². The Kier molecular flexibility index (Phi) is 4.29. The smallest absolute Gasteiger partial charge is 0.240 e. The summed E-state index contributed by atoms with van der Waals surface area (Å²) in [4.78, 5) is 11.5. The number of carbonyl (C=O) groups is 1. The lowest BCUT2D eigenvalue weighted by Gasteiger charge is -2.21. The summed E-state index contributed by atoms with van der Waals surface area (Å²) in [5.41, 5.74) is 0. The number of hydrogen-bond acceptors (Lipinski definition) is 1. The van der Waals surface area contributed by atoms with Crippen LogP contribution in [0.2, 0.25) is 19.1 Å². The zero-order chi connectivity index (χ0) is 10.6. The number of hydrogen-bond donors (Lipinski definition) is 0. The van der Waals surface area contributed by atoms with Crippen molar-refractivity contribution >= 4 is 14.2 Å². The Morgan fingerprint density at radius 3 is 2.71 bits per heavy atom. The van der Waals surface area contributed by atoms with Gasteiger partial charge in [-0.15, -0.1) is 0 Å². The van der Waals surface area contributed by atoms with Gasteiger partial charge < -0.3 is 4.11 Å². The summed E-state index contributed by atoms with van der Waals surface area (Å²) >= 11 is 0. The molecule has 0 saturated heterocycles. The molecule has 0 aliphatic heterocycles. The minimum atomic E-state index is -2.38. The van der Waals surface area contributed by atoms with Crippen LogP contribution in [0.5, 0.6) is 0 Å². The third-order valence-electron chi connectivity index (χ3n) is 3.00. The van der Waals surface area contributed by atoms with Gasteiger partial charge in [-0.05, 0) is 38.4 Å². The first-order chi connectivity index (χ1) is 6.49. The molecule has 3 heteroatoms. The highest BCUT2D eigenvalue weighted by Crippen LogP contribution is 2.26. The van der Waals surface area contributed by atoms with Crippen molar-refractivity contribution < 1.29 is 8.90 Å². The molecule has 1 rings (SSSR count). The van der Waals surface area contributed by atoms with Crippen LogP contribution in [0.4, 0.5) is 4.11 Å². The molecule has 1 saturated carbocycles. The minimum Gasteiger partial charge on any atom is -0.314 e. The number of halogens is 1. The van der Waals surface area contributed by atoms with Crippen LogP contribution in [0, 0.1) is 5.92 Å². The fourth-order valence-electron chi connectivity index (χ4n) is 2.13. The Hall–Kier alpha value is -0.183. The highest BCUT2D eigenvalue weighted by molar-refractivity contribution is 6.70. The van der Waals surface area contributed by atoms with Crippen LogP contribution in [-0.4, -0.2) is 14.2 Å². The molecule has 0 aromatic carbocycles. The standard InChI is InChI=1S/C11H21FOSi/c1-14(2,12)9-5-7-10-6-3-4-8-11(10)13/h10H,3-9H2,1-2H3. The van der Waals surface area contributed by atoms with Crippen molar-refractivity contribution in [1.29, 1.82) is 0 Å². The van der Waals surface area contributed by atoms with Crippen molar-refractivity contribution in [3.8, 4) is 0 Å². The maximum Gasteiger partial charge on any atom is 0.240 e. The lowest BCUT2D eigenvalue weighted by Crippen LogP contribution is -2.21. The first-order valence-electron chi connectivity index (χ1n) is 5.71. The average molecular weight is 216 g/mol. The lowest BCUT2D eigenvalue weighted by atomic mass is 9.85. The van der Waals surface area contributed by atoms with Gasteiger partial charge in [-0.2, -0.15) is 0 Å². The van der Waals surface area contributed by atoms with Crippen LogP contribution in [0.3, 0.4) is 0 Å². The maximum atomic E-state index is 13.3. The van der Waals surface area contributed by atoms with Crippen molar-refractivity contribution in [2.45, 2.75) is 57.7 Å². The normalized spacial score (nSPS) is 23.9. The van der Waals surface area contributed by atoms with Crippen molar-refractivity contribution in [1.82, 2.24) is 0 Å². The molecule has 82 valence electrons. The number of Topliss-reactive ketones (excluding diaryl/α,β-unsaturated/α-hetero) is 1. The summed E-state index contributed by atoms with van der Waals surface area (Å²) in [5, 5.41) is 0. The predicted molar refractivity (Wildman–Crippen MR) is 59.6 cm³/mol. The van der Waals surface area contributed by atoms with Gasteiger partial charge in [-0.1, -0.05) is 12.8 Å². The van der Waals surface area contributed by atoms with E-state index in [2.05, 4.69) is 0 Å². The molecule has 0 amide bonds. The second-order valence-electron chi connectivity index (χ2n) is 5.02. The van der Waals surface area contributed by atoms with Crippen LogP contribution in [-0.2, 0) is 4.79 Å². The summed E-state index contributed by atoms with van der Waals surface area (Å²) in [6, 6.07) is 0.719. The highest BCUT2D eigenvalue weighted by Gasteiger charge is 2.24. The summed E-state index contributed by atoms with van der Waals surface area (Å²) < 4.78 is 13.3. The van der Waals surface area contributed by atoms with Gasteiger partial charge in [-0.3, -0.25) is 4.79 Å². The lowest BCUT2D eigenvalue weighted by molar-refractivity contribution is -0.124. The first kappa shape index (κ1) is 11.9. The van der Waals surface area contributed by atoms with E-state index in [1.165, 1.54) is 6.42 Å². The van der Waals surface area contributed by atoms with Gasteiger partial charge >= 0.3 is 0 Å². The molecular formula is C11H21FOSi. The van der Waals surface area contributed by atoms with Gasteiger partial charge in [0, 0.05) is 12.3 Å². The molecule has 1 aliphatic rings. The molecule has 0 aromatic rings. The molecule has 0 heterocycles. The molecular weight excluding hydrogens is 195 g/mol. The van der Waals surface area contributed by atoms with Crippen LogP contribution in [0.15, 0.2) is 0 Å². The summed E-state index contributed by atoms with van der Waals surface area (Å²) in [7, 11) is -2.38. The molecule has 0 aromatic heterocycles. The summed E-state index contributed by atoms with van der Waals surface area (Å²) in [6.45, 7) is 3.49. The molecule has 0 N–H and O–H groups in total. The molecule has 14 heavy (non-hydrogen) atoms. The quantitative estimate of drug-likeness (QED) is 0.517. The Bertz CT molecular complexity index is 198. The Balaban J connectivity index is 2.20. The van der Waals surface area contributed by atoms with E-state index in [1.807, 2.05) is 0 Å². The monoisotopic (exact) mass is 216 g/mol. The van der Waals surface area contributed by atoms with Gasteiger partial charge in [0.1, 0.15) is 5.78 Å². The number of carbonyl (C=O) groups excluding carboxylic acids is 1. The summed E-state index contributed by atoms with van der Waals surface area (Å²) in [5.74, 6) is 0.690. The molecule has 1 atom stereocenters. The number of ketones is 1. The van der Waals surface area contributed by atoms with Gasteiger partial charge in [0.2, 0.25) is 8.41 Å². The molecule has 1 fully saturated rings. The predicted octanol–water partition coefficient (Wildman–Crippen LogP) is 3.70. The van der Waals surface area contributed by atoms with Crippen LogP contribution >= 0.6 is 0 Å². The van der Waals surface area contributed by atoms with E-state index in [0.29, 0.717) is 5.78 Å². The van der Waals surface area contributed by atoms with Gasteiger partial charge in [0.15, 0.2) is 0 Å². The van der Waals surface area contributed by atoms with E-state index in [1.54, 1.807) is 13.1 Å². The average Bonchev–Trinajstić information content (AvgIpc) is 2.06. The van der Waals surface area contributed by atoms with E-state index in [0.717, 1.165) is 38.1 Å². The third kappa shape index (κ3) is 4.36. The summed E-state index contributed by atoms with van der Waals surface area (Å²) in [6.07, 6.45) is 5.91. The first-order valence-corrected chi connectivity index (χ1v) is 8.79. The fraction of sp³-hybridized carbons (Fsp3) is 0.909. The molecule has 0 spiro atoms. The molecule has 1 nitrogen and oxygen atoms in total. The zero-order valence-corrected chi connectivity index (χ0v) is 10.3. The van der Waals surface area contributed by atoms with E-state index in [4.69, 9.17) is 0 Å². The van der Waals surface area contributed by atoms with E-state index in [-0.39, 0.29) is 5.92 Å². The van der Waals surface area contributed by atoms with E-state index >= 15 is 0 Å². The maximum absolute atomic E-state index is 13.3. The van der Waals surface area contributed by atoms with Crippen molar-refractivity contribution in [2.24, 2.45) is 5.92 Å². The second kappa shape index (κ2) is 5.05. The molecule has 0 bridgehead atoms. The van der Waals surface area contributed by atoms with Gasteiger partial charge in [0.05, 0.1) is 0 Å². The largest absolute Gasteiger partial charge is 0.314 e. The zero-order valence-electron chi connectivity index (χ0n) is 9.31. The topological polar surface area (TPSA) is 17.1 Å². The van der Waals surface area contributed by atoms with Crippen LogP contribution < -0.4 is 0 Å². The van der Waals surface area contributed by atoms with Crippen molar-refractivity contribution in [3.63, 3.8) is 0 Å². The van der Waals surface area contributed by atoms with Crippen LogP contribution in [0.25, 0.3) is 0 Å². The van der Waals surface area contributed by atoms with Crippen LogP contribution in [0.1, 0.15) is 38.5 Å². The van der Waals surface area contributed by atoms with Gasteiger partial charge in [0.25, 0.3) is 0 Å².